The molecule has 2 aromatic carbocycles. The fourth-order valence-corrected chi connectivity index (χ4v) is 3.17. The van der Waals surface area contributed by atoms with Crippen LogP contribution >= 0.6 is 0 Å². The highest BCUT2D eigenvalue weighted by atomic mass is 16.6. The van der Waals surface area contributed by atoms with Crippen molar-refractivity contribution in [2.24, 2.45) is 0 Å². The van der Waals surface area contributed by atoms with E-state index in [1.807, 2.05) is 30.3 Å². The molecule has 1 amide bonds. The van der Waals surface area contributed by atoms with Crippen LogP contribution in [0, 0.1) is 10.1 Å². The predicted octanol–water partition coefficient (Wildman–Crippen LogP) is 4.03. The van der Waals surface area contributed by atoms with E-state index in [2.05, 4.69) is 15.4 Å². The first-order valence-corrected chi connectivity index (χ1v) is 10.2. The normalized spacial score (nSPS) is 11.4. The first-order chi connectivity index (χ1) is 16.4. The second-order valence-electron chi connectivity index (χ2n) is 7.26. The Morgan fingerprint density at radius 1 is 1.09 bits per heavy atom. The van der Waals surface area contributed by atoms with Gasteiger partial charge in [0.25, 0.3) is 11.6 Å². The summed E-state index contributed by atoms with van der Waals surface area (Å²) < 4.78 is 6.95. The number of nitrogens with zero attached hydrogens (tertiary/aromatic N) is 4. The molecule has 0 aliphatic heterocycles. The summed E-state index contributed by atoms with van der Waals surface area (Å²) in [5.74, 6) is -1.38. The second-order valence-corrected chi connectivity index (χ2v) is 7.26. The van der Waals surface area contributed by atoms with Crippen LogP contribution in [0.5, 0.6) is 0 Å². The Bertz CT molecular complexity index is 1340. The van der Waals surface area contributed by atoms with Crippen LogP contribution < -0.4 is 5.32 Å². The average molecular weight is 457 g/mol. The van der Waals surface area contributed by atoms with Gasteiger partial charge in [-0.2, -0.15) is 5.10 Å². The third-order valence-corrected chi connectivity index (χ3v) is 4.87. The van der Waals surface area contributed by atoms with Crippen molar-refractivity contribution in [3.05, 3.63) is 101 Å². The molecule has 0 aliphatic carbocycles. The fourth-order valence-electron chi connectivity index (χ4n) is 3.17. The van der Waals surface area contributed by atoms with Gasteiger partial charge in [-0.3, -0.25) is 19.9 Å². The van der Waals surface area contributed by atoms with E-state index in [9.17, 15) is 19.7 Å². The number of ether oxygens (including phenoxy) is 1. The maximum absolute atomic E-state index is 13.0. The molecular formula is C24H19N5O5. The van der Waals surface area contributed by atoms with E-state index in [-0.39, 0.29) is 16.9 Å². The van der Waals surface area contributed by atoms with Gasteiger partial charge in [0.2, 0.25) is 0 Å². The number of carbonyl (C=O) groups excluding carboxylic acids is 2. The number of nitrogens with one attached hydrogen (secondary N) is 1. The standard InChI is InChI=1S/C24H19N5O5/c1-16(23(30)26-18-8-5-11-20(13-18)29(32)33)34-24(31)21-15-28(19-9-3-2-4-10-19)27-22(21)17-7-6-12-25-14-17/h2-16H,1H3,(H,26,30)/t16-/m0/s1. The van der Waals surface area contributed by atoms with E-state index in [1.54, 1.807) is 29.2 Å². The quantitative estimate of drug-likeness (QED) is 0.252. The Balaban J connectivity index is 1.56. The van der Waals surface area contributed by atoms with Crippen molar-refractivity contribution in [3.63, 3.8) is 0 Å². The van der Waals surface area contributed by atoms with Crippen molar-refractivity contribution in [1.29, 1.82) is 0 Å². The lowest BCUT2D eigenvalue weighted by Gasteiger charge is -2.13. The highest BCUT2D eigenvalue weighted by Gasteiger charge is 2.25. The van der Waals surface area contributed by atoms with Crippen LogP contribution in [0.2, 0.25) is 0 Å². The smallest absolute Gasteiger partial charge is 0.342 e. The minimum absolute atomic E-state index is 0.159. The van der Waals surface area contributed by atoms with Crippen LogP contribution in [0.25, 0.3) is 16.9 Å². The maximum Gasteiger partial charge on any atom is 0.342 e. The minimum Gasteiger partial charge on any atom is -0.449 e. The molecule has 0 saturated heterocycles. The Morgan fingerprint density at radius 3 is 2.59 bits per heavy atom. The molecule has 34 heavy (non-hydrogen) atoms. The number of nitro benzene ring substituents is 1. The third kappa shape index (κ3) is 4.96. The molecule has 0 spiro atoms. The van der Waals surface area contributed by atoms with Crippen LogP contribution in [0.1, 0.15) is 17.3 Å². The number of hydrogen-bond donors (Lipinski definition) is 1. The number of carbonyl (C=O) groups is 2. The highest BCUT2D eigenvalue weighted by Crippen LogP contribution is 2.24. The molecule has 0 fully saturated rings. The van der Waals surface area contributed by atoms with E-state index in [0.29, 0.717) is 11.3 Å². The van der Waals surface area contributed by atoms with E-state index in [1.165, 1.54) is 37.4 Å². The number of anilines is 1. The zero-order valence-electron chi connectivity index (χ0n) is 18.0. The van der Waals surface area contributed by atoms with E-state index in [4.69, 9.17) is 4.74 Å². The van der Waals surface area contributed by atoms with Gasteiger partial charge in [-0.05, 0) is 37.3 Å². The van der Waals surface area contributed by atoms with Gasteiger partial charge < -0.3 is 10.1 Å². The number of amides is 1. The van der Waals surface area contributed by atoms with Crippen molar-refractivity contribution in [1.82, 2.24) is 14.8 Å². The van der Waals surface area contributed by atoms with Crippen molar-refractivity contribution in [3.8, 4) is 16.9 Å². The molecule has 2 aromatic heterocycles. The van der Waals surface area contributed by atoms with Crippen molar-refractivity contribution in [2.75, 3.05) is 5.32 Å². The lowest BCUT2D eigenvalue weighted by atomic mass is 10.1. The Hall–Kier alpha value is -4.86. The van der Waals surface area contributed by atoms with Crippen LogP contribution in [0.15, 0.2) is 85.3 Å². The summed E-state index contributed by atoms with van der Waals surface area (Å²) in [5.41, 5.74) is 1.91. The molecule has 0 saturated carbocycles. The van der Waals surface area contributed by atoms with Crippen molar-refractivity contribution < 1.29 is 19.2 Å². The van der Waals surface area contributed by atoms with Gasteiger partial charge in [-0.15, -0.1) is 0 Å². The number of rotatable bonds is 7. The minimum atomic E-state index is -1.17. The highest BCUT2D eigenvalue weighted by molar-refractivity contribution is 6.00. The van der Waals surface area contributed by atoms with Crippen LogP contribution in [0.3, 0.4) is 0 Å². The molecule has 1 N–H and O–H groups in total. The zero-order chi connectivity index (χ0) is 24.1. The summed E-state index contributed by atoms with van der Waals surface area (Å²) in [6, 6.07) is 18.2. The number of nitro groups is 1. The van der Waals surface area contributed by atoms with Gasteiger partial charge in [0, 0.05) is 42.0 Å². The summed E-state index contributed by atoms with van der Waals surface area (Å²) in [6.07, 6.45) is 3.54. The molecule has 0 bridgehead atoms. The summed E-state index contributed by atoms with van der Waals surface area (Å²) in [6.45, 7) is 1.41. The maximum atomic E-state index is 13.0. The third-order valence-electron chi connectivity index (χ3n) is 4.87. The molecule has 0 radical (unpaired) electrons. The molecular weight excluding hydrogens is 438 g/mol. The number of benzene rings is 2. The zero-order valence-corrected chi connectivity index (χ0v) is 18.0. The lowest BCUT2D eigenvalue weighted by Crippen LogP contribution is -2.30. The molecule has 1 atom stereocenters. The largest absolute Gasteiger partial charge is 0.449 e. The van der Waals surface area contributed by atoms with Gasteiger partial charge in [0.1, 0.15) is 11.3 Å². The van der Waals surface area contributed by atoms with E-state index < -0.39 is 22.9 Å². The SMILES string of the molecule is C[C@H](OC(=O)c1cn(-c2ccccc2)nc1-c1cccnc1)C(=O)Nc1cccc([N+](=O)[O-])c1. The van der Waals surface area contributed by atoms with Crippen LogP contribution in [-0.4, -0.2) is 37.7 Å². The van der Waals surface area contributed by atoms with E-state index in [0.717, 1.165) is 5.69 Å². The number of pyridine rings is 1. The van der Waals surface area contributed by atoms with Gasteiger partial charge in [0.15, 0.2) is 6.10 Å². The summed E-state index contributed by atoms with van der Waals surface area (Å²) in [5, 5.41) is 18.0. The van der Waals surface area contributed by atoms with Gasteiger partial charge in [-0.1, -0.05) is 24.3 Å². The van der Waals surface area contributed by atoms with E-state index >= 15 is 0 Å². The number of para-hydroxylation sites is 1. The molecule has 4 aromatic rings. The molecule has 170 valence electrons. The van der Waals surface area contributed by atoms with Crippen molar-refractivity contribution >= 4 is 23.3 Å². The molecule has 10 heteroatoms. The topological polar surface area (TPSA) is 129 Å². The molecule has 2 heterocycles. The predicted molar refractivity (Wildman–Crippen MR) is 123 cm³/mol. The van der Waals surface area contributed by atoms with Crippen molar-refractivity contribution in [2.45, 2.75) is 13.0 Å². The van der Waals surface area contributed by atoms with Crippen LogP contribution in [-0.2, 0) is 9.53 Å². The lowest BCUT2D eigenvalue weighted by molar-refractivity contribution is -0.384. The van der Waals surface area contributed by atoms with Crippen LogP contribution in [0.4, 0.5) is 11.4 Å². The van der Waals surface area contributed by atoms with Gasteiger partial charge in [-0.25, -0.2) is 9.48 Å². The summed E-state index contributed by atoms with van der Waals surface area (Å²) in [7, 11) is 0. The molecule has 0 unspecified atom stereocenters. The Labute approximate surface area is 194 Å². The Kier molecular flexibility index (Phi) is 6.40. The monoisotopic (exact) mass is 457 g/mol. The summed E-state index contributed by atoms with van der Waals surface area (Å²) in [4.78, 5) is 40.0. The second kappa shape index (κ2) is 9.74. The average Bonchev–Trinajstić information content (AvgIpc) is 3.31. The summed E-state index contributed by atoms with van der Waals surface area (Å²) >= 11 is 0. The number of aromatic nitrogens is 3. The van der Waals surface area contributed by atoms with Gasteiger partial charge in [0.05, 0.1) is 10.6 Å². The number of esters is 1. The fraction of sp³-hybridized carbons (Fsp3) is 0.0833. The first kappa shape index (κ1) is 22.3. The molecule has 4 rings (SSSR count). The first-order valence-electron chi connectivity index (χ1n) is 10.2. The van der Waals surface area contributed by atoms with Gasteiger partial charge >= 0.3 is 5.97 Å². The molecule has 0 aliphatic rings. The molecule has 10 nitrogen and oxygen atoms in total. The Morgan fingerprint density at radius 2 is 1.88 bits per heavy atom. The number of non-ortho nitro benzene ring substituents is 1. The number of hydrogen-bond acceptors (Lipinski definition) is 7.